The van der Waals surface area contributed by atoms with E-state index in [1.165, 1.54) is 10.9 Å². The number of ether oxygens (including phenoxy) is 1. The maximum absolute atomic E-state index is 12.4. The molecule has 2 aromatic rings. The van der Waals surface area contributed by atoms with Crippen molar-refractivity contribution < 1.29 is 9.53 Å². The SMILES string of the molecule is CN1CCCC(N2CCC(Oc3cccc4c3ccn4C)CC2)C1=O. The molecule has 0 N–H and O–H groups in total. The molecule has 0 radical (unpaired) electrons. The number of likely N-dealkylation sites (N-methyl/N-ethyl adjacent to an activating group) is 1. The van der Waals surface area contributed by atoms with Crippen LogP contribution in [-0.2, 0) is 11.8 Å². The number of carbonyl (C=O) groups is 1. The Bertz CT molecular complexity index is 761. The van der Waals surface area contributed by atoms with Crippen molar-refractivity contribution in [3.05, 3.63) is 30.5 Å². The second-order valence-corrected chi connectivity index (χ2v) is 7.39. The molecular weight excluding hydrogens is 314 g/mol. The quantitative estimate of drug-likeness (QED) is 0.861. The van der Waals surface area contributed by atoms with Crippen molar-refractivity contribution in [3.8, 4) is 5.75 Å². The minimum Gasteiger partial charge on any atom is -0.490 e. The van der Waals surface area contributed by atoms with Crippen molar-refractivity contribution in [2.24, 2.45) is 7.05 Å². The first-order chi connectivity index (χ1) is 12.1. The van der Waals surface area contributed by atoms with Crippen molar-refractivity contribution in [2.45, 2.75) is 37.8 Å². The first-order valence-electron chi connectivity index (χ1n) is 9.33. The van der Waals surface area contributed by atoms with Crippen LogP contribution in [0.2, 0.25) is 0 Å². The maximum Gasteiger partial charge on any atom is 0.239 e. The summed E-state index contributed by atoms with van der Waals surface area (Å²) < 4.78 is 8.45. The number of rotatable bonds is 3. The molecule has 1 aromatic heterocycles. The lowest BCUT2D eigenvalue weighted by molar-refractivity contribution is -0.139. The number of hydrogen-bond donors (Lipinski definition) is 0. The van der Waals surface area contributed by atoms with Gasteiger partial charge in [-0.15, -0.1) is 0 Å². The van der Waals surface area contributed by atoms with Crippen molar-refractivity contribution in [1.82, 2.24) is 14.4 Å². The summed E-state index contributed by atoms with van der Waals surface area (Å²) in [4.78, 5) is 16.6. The van der Waals surface area contributed by atoms with Gasteiger partial charge >= 0.3 is 0 Å². The number of aromatic nitrogens is 1. The van der Waals surface area contributed by atoms with Gasteiger partial charge in [-0.25, -0.2) is 0 Å². The molecule has 0 spiro atoms. The highest BCUT2D eigenvalue weighted by Crippen LogP contribution is 2.29. The van der Waals surface area contributed by atoms with Gasteiger partial charge in [-0.1, -0.05) is 6.07 Å². The van der Waals surface area contributed by atoms with Crippen LogP contribution in [0.5, 0.6) is 5.75 Å². The highest BCUT2D eigenvalue weighted by molar-refractivity contribution is 5.86. The van der Waals surface area contributed by atoms with E-state index < -0.39 is 0 Å². The van der Waals surface area contributed by atoms with E-state index in [4.69, 9.17) is 4.74 Å². The summed E-state index contributed by atoms with van der Waals surface area (Å²) >= 11 is 0. The van der Waals surface area contributed by atoms with E-state index >= 15 is 0 Å². The molecule has 25 heavy (non-hydrogen) atoms. The van der Waals surface area contributed by atoms with Crippen LogP contribution in [0.15, 0.2) is 30.5 Å². The molecule has 2 aliphatic heterocycles. The van der Waals surface area contributed by atoms with Crippen LogP contribution in [0.3, 0.4) is 0 Å². The van der Waals surface area contributed by atoms with Crippen LogP contribution >= 0.6 is 0 Å². The number of amides is 1. The zero-order valence-electron chi connectivity index (χ0n) is 15.1. The minimum atomic E-state index is 0.0808. The van der Waals surface area contributed by atoms with Gasteiger partial charge < -0.3 is 14.2 Å². The average molecular weight is 341 g/mol. The number of hydrogen-bond acceptors (Lipinski definition) is 3. The smallest absolute Gasteiger partial charge is 0.239 e. The van der Waals surface area contributed by atoms with Crippen molar-refractivity contribution in [2.75, 3.05) is 26.7 Å². The maximum atomic E-state index is 12.4. The molecule has 3 heterocycles. The zero-order valence-corrected chi connectivity index (χ0v) is 15.1. The van der Waals surface area contributed by atoms with Crippen molar-refractivity contribution in [1.29, 1.82) is 0 Å². The lowest BCUT2D eigenvalue weighted by atomic mass is 9.99. The summed E-state index contributed by atoms with van der Waals surface area (Å²) in [5.74, 6) is 1.27. The van der Waals surface area contributed by atoms with E-state index in [1.54, 1.807) is 0 Å². The topological polar surface area (TPSA) is 37.7 Å². The van der Waals surface area contributed by atoms with E-state index in [2.05, 4.69) is 47.0 Å². The highest BCUT2D eigenvalue weighted by atomic mass is 16.5. The first-order valence-corrected chi connectivity index (χ1v) is 9.33. The Balaban J connectivity index is 1.39. The molecule has 0 saturated carbocycles. The molecule has 0 bridgehead atoms. The molecular formula is C20H27N3O2. The molecule has 5 nitrogen and oxygen atoms in total. The van der Waals surface area contributed by atoms with Gasteiger partial charge in [-0.05, 0) is 43.9 Å². The predicted octanol–water partition coefficient (Wildman–Crippen LogP) is 2.64. The lowest BCUT2D eigenvalue weighted by Crippen LogP contribution is -2.54. The molecule has 1 atom stereocenters. The fourth-order valence-corrected chi connectivity index (χ4v) is 4.21. The minimum absolute atomic E-state index is 0.0808. The Morgan fingerprint density at radius 1 is 1.04 bits per heavy atom. The van der Waals surface area contributed by atoms with Gasteiger partial charge in [0.25, 0.3) is 0 Å². The largest absolute Gasteiger partial charge is 0.490 e. The van der Waals surface area contributed by atoms with Gasteiger partial charge in [0.1, 0.15) is 11.9 Å². The third-order valence-electron chi connectivity index (χ3n) is 5.73. The van der Waals surface area contributed by atoms with E-state index in [0.717, 1.165) is 51.1 Å². The van der Waals surface area contributed by atoms with E-state index in [9.17, 15) is 4.79 Å². The third-order valence-corrected chi connectivity index (χ3v) is 5.73. The molecule has 4 rings (SSSR count). The number of fused-ring (bicyclic) bond motifs is 1. The van der Waals surface area contributed by atoms with Gasteiger partial charge in [0, 0.05) is 45.3 Å². The lowest BCUT2D eigenvalue weighted by Gasteiger charge is -2.40. The van der Waals surface area contributed by atoms with Crippen LogP contribution in [0, 0.1) is 0 Å². The van der Waals surface area contributed by atoms with E-state index in [-0.39, 0.29) is 12.1 Å². The first kappa shape index (κ1) is 16.5. The van der Waals surface area contributed by atoms with Crippen LogP contribution in [-0.4, -0.2) is 59.1 Å². The van der Waals surface area contributed by atoms with Gasteiger partial charge in [-0.3, -0.25) is 9.69 Å². The molecule has 5 heteroatoms. The number of carbonyl (C=O) groups excluding carboxylic acids is 1. The average Bonchev–Trinajstić information content (AvgIpc) is 3.01. The van der Waals surface area contributed by atoms with E-state index in [1.807, 2.05) is 11.9 Å². The van der Waals surface area contributed by atoms with Crippen LogP contribution in [0.4, 0.5) is 0 Å². The number of benzene rings is 1. The fourth-order valence-electron chi connectivity index (χ4n) is 4.21. The molecule has 134 valence electrons. The summed E-state index contributed by atoms with van der Waals surface area (Å²) in [5, 5.41) is 1.18. The monoisotopic (exact) mass is 341 g/mol. The molecule has 1 unspecified atom stereocenters. The van der Waals surface area contributed by atoms with E-state index in [0.29, 0.717) is 5.91 Å². The van der Waals surface area contributed by atoms with Crippen LogP contribution in [0.25, 0.3) is 10.9 Å². The van der Waals surface area contributed by atoms with Crippen molar-refractivity contribution in [3.63, 3.8) is 0 Å². The van der Waals surface area contributed by atoms with Crippen molar-refractivity contribution >= 4 is 16.8 Å². The normalized spacial score (nSPS) is 23.4. The van der Waals surface area contributed by atoms with Crippen LogP contribution < -0.4 is 4.74 Å². The standard InChI is InChI=1S/C20H27N3O2/c1-21-12-10-16-17(21)5-3-7-19(16)25-15-8-13-23(14-9-15)18-6-4-11-22(2)20(18)24/h3,5,7,10,12,15,18H,4,6,8-9,11,13-14H2,1-2H3. The number of piperidine rings is 2. The Morgan fingerprint density at radius 3 is 2.64 bits per heavy atom. The molecule has 2 saturated heterocycles. The van der Waals surface area contributed by atoms with Gasteiger partial charge in [0.15, 0.2) is 0 Å². The van der Waals surface area contributed by atoms with Gasteiger partial charge in [-0.2, -0.15) is 0 Å². The molecule has 1 aromatic carbocycles. The van der Waals surface area contributed by atoms with Crippen LogP contribution in [0.1, 0.15) is 25.7 Å². The molecule has 0 aliphatic carbocycles. The number of likely N-dealkylation sites (tertiary alicyclic amines) is 2. The molecule has 2 fully saturated rings. The second-order valence-electron chi connectivity index (χ2n) is 7.39. The predicted molar refractivity (Wildman–Crippen MR) is 98.8 cm³/mol. The molecule has 1 amide bonds. The zero-order chi connectivity index (χ0) is 17.4. The number of aryl methyl sites for hydroxylation is 1. The Labute approximate surface area is 149 Å². The van der Waals surface area contributed by atoms with Gasteiger partial charge in [0.05, 0.1) is 11.6 Å². The number of nitrogens with zero attached hydrogens (tertiary/aromatic N) is 3. The summed E-state index contributed by atoms with van der Waals surface area (Å²) in [7, 11) is 3.98. The highest BCUT2D eigenvalue weighted by Gasteiger charge is 2.34. The molecule has 2 aliphatic rings. The third kappa shape index (κ3) is 3.13. The van der Waals surface area contributed by atoms with Gasteiger partial charge in [0.2, 0.25) is 5.91 Å². The second kappa shape index (κ2) is 6.71. The fraction of sp³-hybridized carbons (Fsp3) is 0.550. The summed E-state index contributed by atoms with van der Waals surface area (Å²) in [6.45, 7) is 2.79. The Hall–Kier alpha value is -2.01. The Kier molecular flexibility index (Phi) is 4.42. The summed E-state index contributed by atoms with van der Waals surface area (Å²) in [6, 6.07) is 8.45. The Morgan fingerprint density at radius 2 is 1.84 bits per heavy atom. The summed E-state index contributed by atoms with van der Waals surface area (Å²) in [6.07, 6.45) is 6.38. The summed E-state index contributed by atoms with van der Waals surface area (Å²) in [5.41, 5.74) is 1.20.